The maximum Gasteiger partial charge on any atom is 0.247 e. The minimum absolute atomic E-state index is 0.0555. The van der Waals surface area contributed by atoms with Crippen molar-refractivity contribution in [3.8, 4) is 22.6 Å². The zero-order valence-corrected chi connectivity index (χ0v) is 18.6. The molecule has 32 heavy (non-hydrogen) atoms. The Morgan fingerprint density at radius 2 is 1.66 bits per heavy atom. The van der Waals surface area contributed by atoms with E-state index < -0.39 is 0 Å². The molecule has 164 valence electrons. The maximum atomic E-state index is 12.3. The number of nitrogens with zero attached hydrogens (tertiary/aromatic N) is 4. The summed E-state index contributed by atoms with van der Waals surface area (Å²) in [7, 11) is 0. The fourth-order valence-electron chi connectivity index (χ4n) is 3.70. The molecule has 2 aromatic heterocycles. The van der Waals surface area contributed by atoms with Gasteiger partial charge in [-0.1, -0.05) is 42.5 Å². The molecule has 0 radical (unpaired) electrons. The van der Waals surface area contributed by atoms with Crippen LogP contribution in [0.15, 0.2) is 59.0 Å². The van der Waals surface area contributed by atoms with Crippen LogP contribution in [0.25, 0.3) is 22.6 Å². The van der Waals surface area contributed by atoms with Gasteiger partial charge in [-0.3, -0.25) is 9.48 Å². The van der Waals surface area contributed by atoms with Crippen LogP contribution in [-0.2, 0) is 24.3 Å². The lowest BCUT2D eigenvalue weighted by molar-refractivity contribution is -0.121. The minimum Gasteiger partial charge on any atom is -0.421 e. The number of amides is 1. The van der Waals surface area contributed by atoms with Crippen molar-refractivity contribution in [1.82, 2.24) is 25.3 Å². The van der Waals surface area contributed by atoms with Crippen molar-refractivity contribution in [3.05, 3.63) is 77.4 Å². The van der Waals surface area contributed by atoms with E-state index in [2.05, 4.69) is 39.7 Å². The van der Waals surface area contributed by atoms with Crippen molar-refractivity contribution < 1.29 is 9.21 Å². The number of rotatable bonds is 8. The molecular formula is C25H27N5O2. The zero-order valence-electron chi connectivity index (χ0n) is 18.6. The molecule has 0 saturated heterocycles. The predicted octanol–water partition coefficient (Wildman–Crippen LogP) is 4.49. The Labute approximate surface area is 187 Å². The summed E-state index contributed by atoms with van der Waals surface area (Å²) in [6, 6.07) is 18.2. The molecule has 1 amide bonds. The molecule has 0 atom stereocenters. The molecule has 7 nitrogen and oxygen atoms in total. The Morgan fingerprint density at radius 1 is 0.969 bits per heavy atom. The van der Waals surface area contributed by atoms with Gasteiger partial charge in [0.2, 0.25) is 17.7 Å². The van der Waals surface area contributed by atoms with Gasteiger partial charge in [0.1, 0.15) is 0 Å². The lowest BCUT2D eigenvalue weighted by atomic mass is 10.0. The molecule has 1 N–H and O–H groups in total. The molecule has 0 aliphatic heterocycles. The number of hydrogen-bond donors (Lipinski definition) is 1. The van der Waals surface area contributed by atoms with Gasteiger partial charge in [0.05, 0.1) is 5.69 Å². The highest BCUT2D eigenvalue weighted by molar-refractivity contribution is 5.76. The molecule has 0 fully saturated rings. The number of benzene rings is 2. The first-order chi connectivity index (χ1) is 15.5. The maximum absolute atomic E-state index is 12.3. The molecule has 4 rings (SSSR count). The lowest BCUT2D eigenvalue weighted by Crippen LogP contribution is -2.23. The van der Waals surface area contributed by atoms with E-state index in [1.54, 1.807) is 0 Å². The number of carbonyl (C=O) groups excluding carboxylic acids is 1. The van der Waals surface area contributed by atoms with Gasteiger partial charge in [0.25, 0.3) is 0 Å². The number of aromatic nitrogens is 4. The highest BCUT2D eigenvalue weighted by Crippen LogP contribution is 2.24. The van der Waals surface area contributed by atoms with Crippen LogP contribution in [0, 0.1) is 13.8 Å². The van der Waals surface area contributed by atoms with Crippen molar-refractivity contribution in [2.24, 2.45) is 0 Å². The number of nitrogens with one attached hydrogen (secondary N) is 1. The number of hydrogen-bond acceptors (Lipinski definition) is 5. The van der Waals surface area contributed by atoms with E-state index >= 15 is 0 Å². The molecular weight excluding hydrogens is 402 g/mol. The van der Waals surface area contributed by atoms with Crippen LogP contribution in [0.2, 0.25) is 0 Å². The largest absolute Gasteiger partial charge is 0.421 e. The molecule has 0 spiro atoms. The van der Waals surface area contributed by atoms with Crippen LogP contribution < -0.4 is 5.32 Å². The topological polar surface area (TPSA) is 85.8 Å². The number of carbonyl (C=O) groups is 1. The van der Waals surface area contributed by atoms with E-state index in [1.165, 1.54) is 0 Å². The average Bonchev–Trinajstić information content (AvgIpc) is 3.41. The second kappa shape index (κ2) is 9.60. The second-order valence-electron chi connectivity index (χ2n) is 7.69. The lowest BCUT2D eigenvalue weighted by Gasteiger charge is -2.05. The quantitative estimate of drug-likeness (QED) is 0.446. The standard InChI is InChI=1S/C25H27N5O2/c1-4-30-18(3)22(17(2)29-30)16-26-23(31)14-15-24-27-28-25(32-24)21-12-10-20(11-13-21)19-8-6-5-7-9-19/h5-13H,4,14-16H2,1-3H3,(H,26,31). The van der Waals surface area contributed by atoms with Crippen molar-refractivity contribution in [2.75, 3.05) is 0 Å². The fraction of sp³-hybridized carbons (Fsp3) is 0.280. The first-order valence-electron chi connectivity index (χ1n) is 10.8. The Hall–Kier alpha value is -3.74. The predicted molar refractivity (Wildman–Crippen MR) is 123 cm³/mol. The molecule has 0 saturated carbocycles. The van der Waals surface area contributed by atoms with Gasteiger partial charge in [-0.25, -0.2) is 0 Å². The van der Waals surface area contributed by atoms with Crippen molar-refractivity contribution in [3.63, 3.8) is 0 Å². The van der Waals surface area contributed by atoms with Gasteiger partial charge in [-0.15, -0.1) is 10.2 Å². The Bertz CT molecular complexity index is 1190. The third-order valence-electron chi connectivity index (χ3n) is 5.56. The summed E-state index contributed by atoms with van der Waals surface area (Å²) in [5.74, 6) is 0.853. The summed E-state index contributed by atoms with van der Waals surface area (Å²) in [6.45, 7) is 7.33. The van der Waals surface area contributed by atoms with Crippen LogP contribution in [0.3, 0.4) is 0 Å². The average molecular weight is 430 g/mol. The Balaban J connectivity index is 1.31. The van der Waals surface area contributed by atoms with Crippen LogP contribution in [-0.4, -0.2) is 25.9 Å². The van der Waals surface area contributed by atoms with E-state index in [0.717, 1.165) is 40.2 Å². The molecule has 2 aromatic carbocycles. The highest BCUT2D eigenvalue weighted by atomic mass is 16.4. The van der Waals surface area contributed by atoms with Gasteiger partial charge in [-0.05, 0) is 44.0 Å². The summed E-state index contributed by atoms with van der Waals surface area (Å²) in [6.07, 6.45) is 0.682. The first-order valence-corrected chi connectivity index (χ1v) is 10.8. The Morgan fingerprint density at radius 3 is 2.34 bits per heavy atom. The third kappa shape index (κ3) is 4.77. The molecule has 0 bridgehead atoms. The van der Waals surface area contributed by atoms with E-state index in [9.17, 15) is 4.79 Å². The first kappa shape index (κ1) is 21.5. The molecule has 4 aromatic rings. The van der Waals surface area contributed by atoms with E-state index in [4.69, 9.17) is 4.42 Å². The van der Waals surface area contributed by atoms with Crippen LogP contribution in [0.5, 0.6) is 0 Å². The van der Waals surface area contributed by atoms with Crippen molar-refractivity contribution in [2.45, 2.75) is 46.7 Å². The summed E-state index contributed by atoms with van der Waals surface area (Å²) < 4.78 is 7.72. The normalized spacial score (nSPS) is 11.0. The zero-order chi connectivity index (χ0) is 22.5. The monoisotopic (exact) mass is 429 g/mol. The molecule has 0 aliphatic rings. The van der Waals surface area contributed by atoms with E-state index in [1.807, 2.05) is 61.0 Å². The molecule has 0 aliphatic carbocycles. The summed E-state index contributed by atoms with van der Waals surface area (Å²) in [5, 5.41) is 15.7. The Kier molecular flexibility index (Phi) is 6.44. The summed E-state index contributed by atoms with van der Waals surface area (Å²) >= 11 is 0. The van der Waals surface area contributed by atoms with E-state index in [0.29, 0.717) is 24.7 Å². The highest BCUT2D eigenvalue weighted by Gasteiger charge is 2.14. The summed E-state index contributed by atoms with van der Waals surface area (Å²) in [5.41, 5.74) is 6.24. The van der Waals surface area contributed by atoms with Crippen molar-refractivity contribution >= 4 is 5.91 Å². The summed E-state index contributed by atoms with van der Waals surface area (Å²) in [4.78, 5) is 12.3. The second-order valence-corrected chi connectivity index (χ2v) is 7.69. The van der Waals surface area contributed by atoms with Gasteiger partial charge in [0.15, 0.2) is 0 Å². The molecule has 2 heterocycles. The van der Waals surface area contributed by atoms with Crippen molar-refractivity contribution in [1.29, 1.82) is 0 Å². The minimum atomic E-state index is -0.0555. The SMILES string of the molecule is CCn1nc(C)c(CNC(=O)CCc2nnc(-c3ccc(-c4ccccc4)cc3)o2)c1C. The number of aryl methyl sites for hydroxylation is 3. The van der Waals surface area contributed by atoms with Crippen LogP contribution in [0.1, 0.15) is 36.2 Å². The van der Waals surface area contributed by atoms with Crippen LogP contribution >= 0.6 is 0 Å². The smallest absolute Gasteiger partial charge is 0.247 e. The van der Waals surface area contributed by atoms with E-state index in [-0.39, 0.29) is 12.3 Å². The fourth-order valence-corrected chi connectivity index (χ4v) is 3.70. The van der Waals surface area contributed by atoms with Gasteiger partial charge < -0.3 is 9.73 Å². The third-order valence-corrected chi connectivity index (χ3v) is 5.56. The van der Waals surface area contributed by atoms with Gasteiger partial charge in [-0.2, -0.15) is 5.10 Å². The molecule has 7 heteroatoms. The van der Waals surface area contributed by atoms with Gasteiger partial charge >= 0.3 is 0 Å². The van der Waals surface area contributed by atoms with Gasteiger partial charge in [0, 0.05) is 42.8 Å². The molecule has 0 unspecified atom stereocenters. The van der Waals surface area contributed by atoms with Crippen LogP contribution in [0.4, 0.5) is 0 Å².